The molecule has 0 saturated heterocycles. The number of hydrogen-bond acceptors (Lipinski definition) is 4. The molecule has 0 N–H and O–H groups in total. The van der Waals surface area contributed by atoms with Gasteiger partial charge in [0.2, 0.25) is 0 Å². The van der Waals surface area contributed by atoms with E-state index < -0.39 is 0 Å². The largest absolute Gasteiger partial charge is 0.498 e. The van der Waals surface area contributed by atoms with E-state index in [9.17, 15) is 0 Å². The van der Waals surface area contributed by atoms with Crippen molar-refractivity contribution in [1.29, 1.82) is 0 Å². The molecule has 0 bridgehead atoms. The second-order valence-corrected chi connectivity index (χ2v) is 5.52. The van der Waals surface area contributed by atoms with Crippen molar-refractivity contribution in [2.75, 3.05) is 26.4 Å². The van der Waals surface area contributed by atoms with E-state index in [2.05, 4.69) is 13.2 Å². The van der Waals surface area contributed by atoms with E-state index in [0.717, 1.165) is 33.0 Å². The van der Waals surface area contributed by atoms with Crippen LogP contribution in [0.15, 0.2) is 74.2 Å². The molecule has 4 heteroatoms. The Morgan fingerprint density at radius 2 is 0.923 bits per heavy atom. The van der Waals surface area contributed by atoms with E-state index >= 15 is 0 Å². The van der Waals surface area contributed by atoms with E-state index in [1.807, 2.05) is 48.5 Å². The first kappa shape index (κ1) is 17.7. The van der Waals surface area contributed by atoms with Crippen LogP contribution in [0.1, 0.15) is 0 Å². The first-order chi connectivity index (χ1) is 12.9. The van der Waals surface area contributed by atoms with Crippen LogP contribution in [-0.4, -0.2) is 26.4 Å². The monoisotopic (exact) mass is 350 g/mol. The summed E-state index contributed by atoms with van der Waals surface area (Å²) in [4.78, 5) is 0. The van der Waals surface area contributed by atoms with Gasteiger partial charge in [0.25, 0.3) is 0 Å². The zero-order valence-corrected chi connectivity index (χ0v) is 14.6. The number of ether oxygens (including phenoxy) is 4. The summed E-state index contributed by atoms with van der Waals surface area (Å²) < 4.78 is 22.5. The molecule has 0 unspecified atom stereocenters. The lowest BCUT2D eigenvalue weighted by molar-refractivity contribution is 0.180. The maximum atomic E-state index is 6.07. The standard InChI is InChI=1S/C22H22O4/c1-3-23-13-15-25-21-17-9-5-7-11-19(17)22(26-16-14-24-4-2)20-12-8-6-10-18(20)21/h3-12H,1-2,13-16H2. The summed E-state index contributed by atoms with van der Waals surface area (Å²) in [5, 5.41) is 4.02. The maximum Gasteiger partial charge on any atom is 0.135 e. The van der Waals surface area contributed by atoms with E-state index in [1.54, 1.807) is 0 Å². The highest BCUT2D eigenvalue weighted by molar-refractivity contribution is 6.11. The molecule has 0 aliphatic rings. The topological polar surface area (TPSA) is 36.9 Å². The maximum absolute atomic E-state index is 6.07. The van der Waals surface area contributed by atoms with Gasteiger partial charge in [-0.1, -0.05) is 61.7 Å². The second-order valence-electron chi connectivity index (χ2n) is 5.52. The molecule has 3 aromatic carbocycles. The zero-order valence-electron chi connectivity index (χ0n) is 14.6. The lowest BCUT2D eigenvalue weighted by atomic mass is 10.0. The summed E-state index contributed by atoms with van der Waals surface area (Å²) in [7, 11) is 0. The van der Waals surface area contributed by atoms with Crippen LogP contribution in [0, 0.1) is 0 Å². The van der Waals surface area contributed by atoms with Gasteiger partial charge in [0.1, 0.15) is 37.9 Å². The van der Waals surface area contributed by atoms with Gasteiger partial charge in [-0.15, -0.1) is 0 Å². The van der Waals surface area contributed by atoms with Crippen LogP contribution in [0.2, 0.25) is 0 Å². The highest BCUT2D eigenvalue weighted by atomic mass is 16.5. The Hall–Kier alpha value is -3.14. The van der Waals surface area contributed by atoms with Crippen molar-refractivity contribution in [3.63, 3.8) is 0 Å². The summed E-state index contributed by atoms with van der Waals surface area (Å²) in [5.41, 5.74) is 0. The van der Waals surface area contributed by atoms with Crippen LogP contribution < -0.4 is 9.47 Å². The average Bonchev–Trinajstić information content (AvgIpc) is 2.69. The van der Waals surface area contributed by atoms with Gasteiger partial charge in [-0.2, -0.15) is 0 Å². The molecule has 0 radical (unpaired) electrons. The predicted molar refractivity (Wildman–Crippen MR) is 105 cm³/mol. The molecule has 0 saturated carbocycles. The molecule has 0 atom stereocenters. The number of hydrogen-bond donors (Lipinski definition) is 0. The molecular formula is C22H22O4. The normalized spacial score (nSPS) is 10.5. The van der Waals surface area contributed by atoms with E-state index in [4.69, 9.17) is 18.9 Å². The van der Waals surface area contributed by atoms with Crippen LogP contribution in [0.4, 0.5) is 0 Å². The van der Waals surface area contributed by atoms with Gasteiger partial charge in [0.15, 0.2) is 0 Å². The smallest absolute Gasteiger partial charge is 0.135 e. The minimum Gasteiger partial charge on any atom is -0.498 e. The molecule has 0 aromatic heterocycles. The summed E-state index contributed by atoms with van der Waals surface area (Å²) in [6.07, 6.45) is 2.84. The molecule has 0 spiro atoms. The van der Waals surface area contributed by atoms with E-state index in [-0.39, 0.29) is 0 Å². The molecule has 26 heavy (non-hydrogen) atoms. The average molecular weight is 350 g/mol. The van der Waals surface area contributed by atoms with Crippen LogP contribution in [0.3, 0.4) is 0 Å². The molecule has 3 rings (SSSR count). The Morgan fingerprint density at radius 1 is 0.577 bits per heavy atom. The Bertz CT molecular complexity index is 770. The van der Waals surface area contributed by atoms with Gasteiger partial charge in [-0.05, 0) is 0 Å². The molecule has 0 amide bonds. The van der Waals surface area contributed by atoms with Crippen LogP contribution in [0.5, 0.6) is 11.5 Å². The predicted octanol–water partition coefficient (Wildman–Crippen LogP) is 5.07. The third-order valence-corrected chi connectivity index (χ3v) is 3.96. The van der Waals surface area contributed by atoms with Gasteiger partial charge >= 0.3 is 0 Å². The molecule has 4 nitrogen and oxygen atoms in total. The Labute approximate surface area is 153 Å². The molecule has 0 fully saturated rings. The SMILES string of the molecule is C=COCCOc1c2ccccc2c(OCCOC=C)c2ccccc12. The quantitative estimate of drug-likeness (QED) is 0.291. The minimum absolute atomic E-state index is 0.438. The van der Waals surface area contributed by atoms with Gasteiger partial charge in [-0.3, -0.25) is 0 Å². The highest BCUT2D eigenvalue weighted by Gasteiger charge is 2.15. The van der Waals surface area contributed by atoms with Gasteiger partial charge in [0, 0.05) is 21.5 Å². The number of fused-ring (bicyclic) bond motifs is 2. The Morgan fingerprint density at radius 3 is 1.23 bits per heavy atom. The summed E-state index contributed by atoms with van der Waals surface area (Å²) in [6, 6.07) is 16.1. The third-order valence-electron chi connectivity index (χ3n) is 3.96. The molecular weight excluding hydrogens is 328 g/mol. The lowest BCUT2D eigenvalue weighted by Gasteiger charge is -2.17. The summed E-state index contributed by atoms with van der Waals surface area (Å²) >= 11 is 0. The van der Waals surface area contributed by atoms with Crippen molar-refractivity contribution in [3.05, 3.63) is 74.2 Å². The van der Waals surface area contributed by atoms with Crippen molar-refractivity contribution in [2.24, 2.45) is 0 Å². The van der Waals surface area contributed by atoms with E-state index in [1.165, 1.54) is 12.5 Å². The van der Waals surface area contributed by atoms with Gasteiger partial charge < -0.3 is 18.9 Å². The molecule has 134 valence electrons. The van der Waals surface area contributed by atoms with Crippen LogP contribution in [-0.2, 0) is 9.47 Å². The molecule has 0 aliphatic heterocycles. The van der Waals surface area contributed by atoms with Crippen molar-refractivity contribution in [3.8, 4) is 11.5 Å². The summed E-state index contributed by atoms with van der Waals surface area (Å²) in [5.74, 6) is 1.66. The third kappa shape index (κ3) is 3.75. The number of rotatable bonds is 10. The van der Waals surface area contributed by atoms with Crippen molar-refractivity contribution in [2.45, 2.75) is 0 Å². The first-order valence-electron chi connectivity index (χ1n) is 8.51. The highest BCUT2D eigenvalue weighted by Crippen LogP contribution is 2.42. The lowest BCUT2D eigenvalue weighted by Crippen LogP contribution is -2.07. The Kier molecular flexibility index (Phi) is 5.99. The number of benzene rings is 3. The van der Waals surface area contributed by atoms with E-state index in [0.29, 0.717) is 26.4 Å². The zero-order chi connectivity index (χ0) is 18.2. The minimum atomic E-state index is 0.438. The molecule has 3 aromatic rings. The fourth-order valence-electron chi connectivity index (χ4n) is 2.91. The Balaban J connectivity index is 2.06. The fourth-order valence-corrected chi connectivity index (χ4v) is 2.91. The molecule has 0 heterocycles. The van der Waals surface area contributed by atoms with Crippen LogP contribution in [0.25, 0.3) is 21.5 Å². The van der Waals surface area contributed by atoms with Crippen molar-refractivity contribution in [1.82, 2.24) is 0 Å². The van der Waals surface area contributed by atoms with Crippen molar-refractivity contribution >= 4 is 21.5 Å². The van der Waals surface area contributed by atoms with Crippen LogP contribution >= 0.6 is 0 Å². The van der Waals surface area contributed by atoms with Crippen molar-refractivity contribution < 1.29 is 18.9 Å². The second kappa shape index (κ2) is 8.81. The summed E-state index contributed by atoms with van der Waals surface area (Å²) in [6.45, 7) is 8.87. The van der Waals surface area contributed by atoms with Gasteiger partial charge in [0.05, 0.1) is 12.5 Å². The fraction of sp³-hybridized carbons (Fsp3) is 0.182. The van der Waals surface area contributed by atoms with Gasteiger partial charge in [-0.25, -0.2) is 0 Å². The first-order valence-corrected chi connectivity index (χ1v) is 8.51. The molecule has 0 aliphatic carbocycles.